The summed E-state index contributed by atoms with van der Waals surface area (Å²) in [5.41, 5.74) is 3.58. The van der Waals surface area contributed by atoms with Crippen LogP contribution >= 0.6 is 42.8 Å². The monoisotopic (exact) mass is 1340 g/mol. The van der Waals surface area contributed by atoms with Gasteiger partial charge in [-0.15, -0.1) is 0 Å². The standard InChI is InChI=1S/C18H33BP.C15H15BP.C14H15BOP.C13H13BP.C12H27BP.C6H15BP.CH4/c19-20(16-10-4-1-5-11-16,17-12-6-2-7-13-17)18-14-8-3-9-15-18;16-17(15-11-12-15,13-7-3-1-4-8-13)14-9-5-2-6-10-14;1-16-12-8-10-14(11-9-12)17(2,15)13-6-4-3-5-7-13;1-15(14,12-8-4-2-5-9-12)13-10-6-3-7-11-13;1-4-7-10-14(13,11-8-5-2)12-9-6-3;1-6(2,3)8(4,5)7;/h16-18H,1-15H2;1-10,15H,11-12H2;3-11H,1-2H3;2-11H,1H3;4-12H2,1-3H3;1-5H3;1H4/q6*+1;. The third-order valence-electron chi connectivity index (χ3n) is 20.2. The van der Waals surface area contributed by atoms with Crippen molar-refractivity contribution in [1.29, 1.82) is 0 Å². The van der Waals surface area contributed by atoms with Gasteiger partial charge in [-0.05, 0) is 236 Å². The summed E-state index contributed by atoms with van der Waals surface area (Å²) < 4.78 is 5.16. The lowest BCUT2D eigenvalue weighted by atomic mass is 9.98. The zero-order valence-electron chi connectivity index (χ0n) is 59.0. The molecule has 0 saturated heterocycles. The summed E-state index contributed by atoms with van der Waals surface area (Å²) in [5.74, 6) is 0.863. The van der Waals surface area contributed by atoms with Crippen molar-refractivity contribution in [3.63, 3.8) is 0 Å². The molecule has 1 unspecified atom stereocenters. The van der Waals surface area contributed by atoms with Crippen LogP contribution in [-0.4, -0.2) is 125 Å². The number of methoxy groups -OCH3 is 1. The molecule has 10 rings (SSSR count). The highest BCUT2D eigenvalue weighted by Gasteiger charge is 2.53. The number of benzene rings is 6. The highest BCUT2D eigenvalue weighted by molar-refractivity contribution is 8.09. The van der Waals surface area contributed by atoms with E-state index in [-0.39, 0.29) is 7.43 Å². The molecule has 6 aromatic rings. The van der Waals surface area contributed by atoms with Gasteiger partial charge in [0.25, 0.3) is 0 Å². The van der Waals surface area contributed by atoms with Crippen LogP contribution in [0.2, 0.25) is 0 Å². The Bertz CT molecular complexity index is 2670. The Kier molecular flexibility index (Phi) is 37.2. The van der Waals surface area contributed by atoms with E-state index in [0.29, 0.717) is 10.8 Å². The van der Waals surface area contributed by atoms with Gasteiger partial charge < -0.3 is 4.74 Å². The SMILES string of the molecule is C.[B][P+](C)(C)C(C)(C)C.[B][P+](C)(c1ccccc1)c1ccc(OC)cc1.[B][P+](C)(c1ccccc1)c1ccccc1.[B][P+](C1CCCCC1)(C1CCCCC1)C1CCCCC1.[B][P+](CCCC)(CCCC)CCCC.[B][P+](c1ccccc1)(c1ccccc1)C1CC1. The van der Waals surface area contributed by atoms with Crippen LogP contribution in [-0.2, 0) is 0 Å². The van der Waals surface area contributed by atoms with Crippen molar-refractivity contribution in [3.05, 3.63) is 176 Å². The molecule has 4 fully saturated rings. The number of ether oxygens (including phenoxy) is 1. The van der Waals surface area contributed by atoms with Gasteiger partial charge in [-0.1, -0.05) is 158 Å². The summed E-state index contributed by atoms with van der Waals surface area (Å²) in [4.78, 5) is 0. The van der Waals surface area contributed by atoms with Crippen molar-refractivity contribution >= 4 is 120 Å². The first kappa shape index (κ1) is 82.5. The molecule has 0 aliphatic heterocycles. The van der Waals surface area contributed by atoms with Crippen molar-refractivity contribution in [2.75, 3.05) is 52.3 Å². The molecule has 1 nitrogen and oxygen atoms in total. The minimum Gasteiger partial charge on any atom is -0.497 e. The van der Waals surface area contributed by atoms with Gasteiger partial charge in [-0.25, -0.2) is 0 Å². The van der Waals surface area contributed by atoms with Crippen molar-refractivity contribution in [2.24, 2.45) is 0 Å². The maximum atomic E-state index is 7.43. The molecule has 4 aliphatic carbocycles. The zero-order chi connectivity index (χ0) is 66.4. The maximum Gasteiger partial charge on any atom is 0.377 e. The first-order chi connectivity index (χ1) is 43.4. The molecular weight excluding hydrogens is 1220 g/mol. The molecule has 4 saturated carbocycles. The van der Waals surface area contributed by atoms with Crippen LogP contribution in [0.1, 0.15) is 197 Å². The quantitative estimate of drug-likeness (QED) is 0.0547. The highest BCUT2D eigenvalue weighted by Crippen LogP contribution is 2.74. The van der Waals surface area contributed by atoms with Gasteiger partial charge >= 0.3 is 45.4 Å². The topological polar surface area (TPSA) is 9.23 Å². The Hall–Kier alpha value is -1.91. The van der Waals surface area contributed by atoms with Gasteiger partial charge in [-0.2, -0.15) is 0 Å². The Morgan fingerprint density at radius 2 is 0.609 bits per heavy atom. The van der Waals surface area contributed by atoms with Crippen LogP contribution in [0.25, 0.3) is 0 Å². The van der Waals surface area contributed by atoms with Gasteiger partial charge in [-0.3, -0.25) is 0 Å². The molecule has 0 N–H and O–H groups in total. The van der Waals surface area contributed by atoms with Crippen LogP contribution in [0.3, 0.4) is 0 Å². The first-order valence-electron chi connectivity index (χ1n) is 35.3. The molecule has 6 aromatic carbocycles. The third-order valence-corrected chi connectivity index (χ3v) is 42.1. The van der Waals surface area contributed by atoms with E-state index in [1.54, 1.807) is 7.11 Å². The molecular formula is C79H122B6OP6+6. The molecule has 0 bridgehead atoms. The predicted octanol–water partition coefficient (Wildman–Crippen LogP) is 21.0. The van der Waals surface area contributed by atoms with E-state index >= 15 is 0 Å². The summed E-state index contributed by atoms with van der Waals surface area (Å²) in [6.45, 7) is 22.0. The van der Waals surface area contributed by atoms with Gasteiger partial charge in [0.1, 0.15) is 5.75 Å². The fourth-order valence-corrected chi connectivity index (χ4v) is 29.3. The van der Waals surface area contributed by atoms with E-state index in [1.807, 2.05) is 66.7 Å². The predicted molar refractivity (Wildman–Crippen MR) is 442 cm³/mol. The summed E-state index contributed by atoms with van der Waals surface area (Å²) >= 11 is 0. The largest absolute Gasteiger partial charge is 0.497 e. The summed E-state index contributed by atoms with van der Waals surface area (Å²) in [6.07, 6.45) is 36.7. The van der Waals surface area contributed by atoms with E-state index in [9.17, 15) is 0 Å². The molecule has 0 heterocycles. The lowest BCUT2D eigenvalue weighted by Crippen LogP contribution is -2.36. The summed E-state index contributed by atoms with van der Waals surface area (Å²) in [5, 5.41) is 7.90. The van der Waals surface area contributed by atoms with Crippen LogP contribution in [0.15, 0.2) is 176 Å². The lowest BCUT2D eigenvalue weighted by molar-refractivity contribution is 0.415. The van der Waals surface area contributed by atoms with Crippen LogP contribution in [0, 0.1) is 0 Å². The molecule has 0 spiro atoms. The van der Waals surface area contributed by atoms with E-state index in [4.69, 9.17) is 50.1 Å². The Morgan fingerprint density at radius 1 is 0.359 bits per heavy atom. The minimum absolute atomic E-state index is 0. The fourth-order valence-electron chi connectivity index (χ4n) is 13.0. The molecule has 12 radical (unpaired) electrons. The number of hydrogen-bond acceptors (Lipinski definition) is 1. The van der Waals surface area contributed by atoms with E-state index in [2.05, 4.69) is 177 Å². The van der Waals surface area contributed by atoms with E-state index in [0.717, 1.165) is 22.7 Å². The van der Waals surface area contributed by atoms with Gasteiger partial charge in [0.15, 0.2) is 0 Å². The zero-order valence-corrected chi connectivity index (χ0v) is 64.4. The summed E-state index contributed by atoms with van der Waals surface area (Å²) in [7, 11) is 33.1. The molecule has 13 heteroatoms. The second kappa shape index (κ2) is 41.5. The minimum atomic E-state index is -1.73. The smallest absolute Gasteiger partial charge is 0.377 e. The van der Waals surface area contributed by atoms with Gasteiger partial charge in [0.05, 0.1) is 66.7 Å². The molecule has 0 aromatic heterocycles. The van der Waals surface area contributed by atoms with Gasteiger partial charge in [0, 0.05) is 66.6 Å². The van der Waals surface area contributed by atoms with Crippen molar-refractivity contribution in [1.82, 2.24) is 0 Å². The lowest BCUT2D eigenvalue weighted by Gasteiger charge is -2.47. The van der Waals surface area contributed by atoms with Gasteiger partial charge in [0.2, 0.25) is 0 Å². The molecule has 0 amide bonds. The second-order valence-electron chi connectivity index (χ2n) is 28.5. The number of hydrogen-bond donors (Lipinski definition) is 0. The fraction of sp³-hybridized carbons (Fsp3) is 0.544. The Labute approximate surface area is 579 Å². The highest BCUT2D eigenvalue weighted by atomic mass is 31.2. The Morgan fingerprint density at radius 3 is 0.837 bits per heavy atom. The number of rotatable bonds is 20. The molecule has 1 atom stereocenters. The van der Waals surface area contributed by atoms with Crippen molar-refractivity contribution < 1.29 is 4.74 Å². The van der Waals surface area contributed by atoms with Crippen LogP contribution in [0.5, 0.6) is 5.75 Å². The average molecular weight is 1340 g/mol. The summed E-state index contributed by atoms with van der Waals surface area (Å²) in [6, 6.07) is 60.3. The third kappa shape index (κ3) is 25.7. The van der Waals surface area contributed by atoms with Crippen molar-refractivity contribution in [3.8, 4) is 5.75 Å². The first-order valence-corrected chi connectivity index (χ1v) is 49.0. The average Bonchev–Trinajstić information content (AvgIpc) is 1.61. The normalized spacial score (nSPS) is 16.6. The molecule has 92 heavy (non-hydrogen) atoms. The Balaban J connectivity index is 0.000000239. The molecule has 486 valence electrons. The van der Waals surface area contributed by atoms with Crippen LogP contribution in [0.4, 0.5) is 0 Å². The number of unbranched alkanes of at least 4 members (excludes halogenated alkanes) is 3. The second-order valence-corrected chi connectivity index (χ2v) is 50.3. The van der Waals surface area contributed by atoms with E-state index in [1.165, 1.54) is 198 Å². The van der Waals surface area contributed by atoms with E-state index < -0.39 is 42.8 Å². The van der Waals surface area contributed by atoms with Crippen molar-refractivity contribution in [2.45, 2.75) is 224 Å². The van der Waals surface area contributed by atoms with Crippen LogP contribution < -0.4 is 36.6 Å². The molecule has 4 aliphatic rings. The maximum absolute atomic E-state index is 7.43.